The highest BCUT2D eigenvalue weighted by Gasteiger charge is 2.18. The number of sulfonamides is 1. The number of hydrogen-bond acceptors (Lipinski definition) is 8. The van der Waals surface area contributed by atoms with Crippen molar-refractivity contribution < 1.29 is 17.5 Å². The Morgan fingerprint density at radius 2 is 1.88 bits per heavy atom. The summed E-state index contributed by atoms with van der Waals surface area (Å²) in [5.74, 6) is 0.181. The summed E-state index contributed by atoms with van der Waals surface area (Å²) in [6.07, 6.45) is 3.31. The first kappa shape index (κ1) is 23.9. The van der Waals surface area contributed by atoms with Crippen molar-refractivity contribution in [3.05, 3.63) is 60.0 Å². The number of primary sulfonamides is 1. The molecule has 1 aliphatic heterocycles. The highest BCUT2D eigenvalue weighted by atomic mass is 32.2. The third kappa shape index (κ3) is 5.99. The van der Waals surface area contributed by atoms with Crippen LogP contribution in [-0.4, -0.2) is 49.5 Å². The minimum absolute atomic E-state index is 0.0138. The summed E-state index contributed by atoms with van der Waals surface area (Å²) in [7, 11) is -1.80. The monoisotopic (exact) mass is 486 g/mol. The first-order chi connectivity index (χ1) is 16.2. The fraction of sp³-hybridized carbons (Fsp3) is 0.304. The Hall–Kier alpha value is -3.28. The van der Waals surface area contributed by atoms with Gasteiger partial charge in [0.15, 0.2) is 11.6 Å². The van der Waals surface area contributed by atoms with Crippen molar-refractivity contribution in [3.8, 4) is 5.75 Å². The zero-order valence-corrected chi connectivity index (χ0v) is 19.8. The van der Waals surface area contributed by atoms with Crippen LogP contribution in [0.2, 0.25) is 0 Å². The number of halogens is 1. The van der Waals surface area contributed by atoms with E-state index in [2.05, 4.69) is 32.5 Å². The fourth-order valence-corrected chi connectivity index (χ4v) is 4.60. The van der Waals surface area contributed by atoms with Crippen LogP contribution in [0.1, 0.15) is 18.4 Å². The average molecular weight is 487 g/mol. The molecule has 0 aliphatic carbocycles. The number of likely N-dealkylation sites (N-methyl/N-ethyl adjacent to an activating group) is 1. The van der Waals surface area contributed by atoms with Crippen molar-refractivity contribution in [3.63, 3.8) is 0 Å². The quantitative estimate of drug-likeness (QED) is 0.464. The standard InChI is InChI=1S/C23H27FN6O3S/c1-15-5-6-17(12-21(15)34(25,31)32)28-23-26-13-20(24)22(29-23)27-16-7-9-18(10-8-16)33-19-4-3-11-30(2)14-19/h5-10,12-13,19H,3-4,11,14H2,1-2H3,(H2,25,31,32)(H2,26,27,28,29)/t19-/m1/s1. The number of aryl methyl sites for hydroxylation is 1. The molecule has 0 spiro atoms. The van der Waals surface area contributed by atoms with Gasteiger partial charge >= 0.3 is 0 Å². The first-order valence-electron chi connectivity index (χ1n) is 10.8. The lowest BCUT2D eigenvalue weighted by molar-refractivity contribution is 0.104. The third-order valence-electron chi connectivity index (χ3n) is 5.50. The summed E-state index contributed by atoms with van der Waals surface area (Å²) in [6, 6.07) is 11.9. The van der Waals surface area contributed by atoms with Gasteiger partial charge in [0.05, 0.1) is 11.1 Å². The lowest BCUT2D eigenvalue weighted by atomic mass is 10.1. The number of likely N-dealkylation sites (tertiary alicyclic amines) is 1. The smallest absolute Gasteiger partial charge is 0.238 e. The Labute approximate surface area is 198 Å². The zero-order valence-electron chi connectivity index (χ0n) is 19.0. The SMILES string of the molecule is Cc1ccc(Nc2ncc(F)c(Nc3ccc(O[C@@H]4CCCN(C)C4)cc3)n2)cc1S(N)(=O)=O. The summed E-state index contributed by atoms with van der Waals surface area (Å²) in [5.41, 5.74) is 1.55. The van der Waals surface area contributed by atoms with Crippen molar-refractivity contribution in [2.75, 3.05) is 30.8 Å². The third-order valence-corrected chi connectivity index (χ3v) is 6.55. The Kier molecular flexibility index (Phi) is 6.96. The Morgan fingerprint density at radius 1 is 1.15 bits per heavy atom. The minimum atomic E-state index is -3.89. The van der Waals surface area contributed by atoms with Crippen LogP contribution in [0, 0.1) is 12.7 Å². The molecule has 1 atom stereocenters. The van der Waals surface area contributed by atoms with Crippen LogP contribution in [0.4, 0.5) is 27.5 Å². The van der Waals surface area contributed by atoms with Gasteiger partial charge in [0.2, 0.25) is 16.0 Å². The van der Waals surface area contributed by atoms with Crippen molar-refractivity contribution in [1.29, 1.82) is 0 Å². The van der Waals surface area contributed by atoms with E-state index >= 15 is 0 Å². The van der Waals surface area contributed by atoms with Gasteiger partial charge in [-0.2, -0.15) is 4.98 Å². The number of hydrogen-bond donors (Lipinski definition) is 3. The fourth-order valence-electron chi connectivity index (χ4n) is 3.79. The molecule has 1 aliphatic rings. The Bertz CT molecular complexity index is 1270. The van der Waals surface area contributed by atoms with Crippen LogP contribution in [0.3, 0.4) is 0 Å². The Balaban J connectivity index is 1.45. The predicted octanol–water partition coefficient (Wildman–Crippen LogP) is 3.53. The van der Waals surface area contributed by atoms with E-state index in [9.17, 15) is 12.8 Å². The molecule has 180 valence electrons. The summed E-state index contributed by atoms with van der Waals surface area (Å²) >= 11 is 0. The summed E-state index contributed by atoms with van der Waals surface area (Å²) in [6.45, 7) is 3.62. The number of rotatable bonds is 7. The van der Waals surface area contributed by atoms with Crippen LogP contribution in [-0.2, 0) is 10.0 Å². The van der Waals surface area contributed by atoms with Crippen molar-refractivity contribution in [1.82, 2.24) is 14.9 Å². The summed E-state index contributed by atoms with van der Waals surface area (Å²) in [4.78, 5) is 10.3. The van der Waals surface area contributed by atoms with Crippen LogP contribution in [0.25, 0.3) is 0 Å². The number of ether oxygens (including phenoxy) is 1. The van der Waals surface area contributed by atoms with Crippen LogP contribution in [0.5, 0.6) is 5.75 Å². The molecule has 1 fully saturated rings. The molecule has 4 N–H and O–H groups in total. The largest absolute Gasteiger partial charge is 0.489 e. The second kappa shape index (κ2) is 9.92. The molecule has 0 bridgehead atoms. The van der Waals surface area contributed by atoms with Gasteiger partial charge in [0.25, 0.3) is 0 Å². The number of nitrogens with one attached hydrogen (secondary N) is 2. The minimum Gasteiger partial charge on any atom is -0.489 e. The van der Waals surface area contributed by atoms with E-state index < -0.39 is 15.8 Å². The summed E-state index contributed by atoms with van der Waals surface area (Å²) < 4.78 is 43.9. The molecular formula is C23H27FN6O3S. The summed E-state index contributed by atoms with van der Waals surface area (Å²) in [5, 5.41) is 11.1. The van der Waals surface area contributed by atoms with Crippen molar-refractivity contribution in [2.24, 2.45) is 5.14 Å². The van der Waals surface area contributed by atoms with E-state index in [0.29, 0.717) is 16.9 Å². The Morgan fingerprint density at radius 3 is 2.59 bits per heavy atom. The number of benzene rings is 2. The molecule has 34 heavy (non-hydrogen) atoms. The van der Waals surface area contributed by atoms with E-state index in [1.165, 1.54) is 6.07 Å². The molecule has 1 saturated heterocycles. The normalized spacial score (nSPS) is 16.8. The number of aromatic nitrogens is 2. The molecule has 4 rings (SSSR count). The molecule has 1 aromatic heterocycles. The van der Waals surface area contributed by atoms with Crippen LogP contribution >= 0.6 is 0 Å². The van der Waals surface area contributed by atoms with Crippen molar-refractivity contribution in [2.45, 2.75) is 30.8 Å². The maximum Gasteiger partial charge on any atom is 0.238 e. The maximum atomic E-state index is 14.4. The van der Waals surface area contributed by atoms with Gasteiger partial charge in [0, 0.05) is 17.9 Å². The van der Waals surface area contributed by atoms with Crippen molar-refractivity contribution >= 4 is 33.2 Å². The van der Waals surface area contributed by atoms with E-state index in [-0.39, 0.29) is 22.8 Å². The molecule has 3 aromatic rings. The van der Waals surface area contributed by atoms with Gasteiger partial charge in [-0.15, -0.1) is 0 Å². The number of nitrogens with zero attached hydrogens (tertiary/aromatic N) is 3. The lowest BCUT2D eigenvalue weighted by Gasteiger charge is -2.30. The van der Waals surface area contributed by atoms with Crippen LogP contribution in [0.15, 0.2) is 53.6 Å². The molecule has 0 amide bonds. The van der Waals surface area contributed by atoms with Gasteiger partial charge in [-0.1, -0.05) is 6.07 Å². The number of nitrogens with two attached hydrogens (primary N) is 1. The van der Waals surface area contributed by atoms with E-state index in [4.69, 9.17) is 9.88 Å². The first-order valence-corrected chi connectivity index (χ1v) is 12.4. The van der Waals surface area contributed by atoms with Crippen LogP contribution < -0.4 is 20.5 Å². The second-order valence-corrected chi connectivity index (χ2v) is 9.86. The molecule has 0 radical (unpaired) electrons. The van der Waals surface area contributed by atoms with E-state index in [0.717, 1.165) is 37.9 Å². The zero-order chi connectivity index (χ0) is 24.3. The molecule has 9 nitrogen and oxygen atoms in total. The number of piperidine rings is 1. The molecule has 2 aromatic carbocycles. The van der Waals surface area contributed by atoms with Gasteiger partial charge in [0.1, 0.15) is 11.9 Å². The second-order valence-electron chi connectivity index (χ2n) is 8.33. The highest BCUT2D eigenvalue weighted by Crippen LogP contribution is 2.25. The molecule has 11 heteroatoms. The van der Waals surface area contributed by atoms with E-state index in [1.807, 2.05) is 12.1 Å². The average Bonchev–Trinajstić information content (AvgIpc) is 2.78. The molecule has 0 unspecified atom stereocenters. The maximum absolute atomic E-state index is 14.4. The number of anilines is 4. The topological polar surface area (TPSA) is 122 Å². The molecule has 0 saturated carbocycles. The molecule has 2 heterocycles. The van der Waals surface area contributed by atoms with Gasteiger partial charge in [-0.05, 0) is 75.3 Å². The molecular weight excluding hydrogens is 459 g/mol. The predicted molar refractivity (Wildman–Crippen MR) is 129 cm³/mol. The van der Waals surface area contributed by atoms with E-state index in [1.54, 1.807) is 31.2 Å². The highest BCUT2D eigenvalue weighted by molar-refractivity contribution is 7.89. The van der Waals surface area contributed by atoms with Gasteiger partial charge in [-0.25, -0.2) is 22.9 Å². The van der Waals surface area contributed by atoms with Gasteiger partial charge in [-0.3, -0.25) is 0 Å². The lowest BCUT2D eigenvalue weighted by Crippen LogP contribution is -2.38. The van der Waals surface area contributed by atoms with Gasteiger partial charge < -0.3 is 20.3 Å².